The molecule has 1 aliphatic carbocycles. The van der Waals surface area contributed by atoms with Gasteiger partial charge in [-0.15, -0.1) is 0 Å². The lowest BCUT2D eigenvalue weighted by molar-refractivity contribution is 0.660. The second kappa shape index (κ2) is 3.74. The Balaban J connectivity index is 2.38. The van der Waals surface area contributed by atoms with Crippen LogP contribution in [0.15, 0.2) is 30.3 Å². The smallest absolute Gasteiger partial charge is 0.113 e. The van der Waals surface area contributed by atoms with Crippen LogP contribution in [0.3, 0.4) is 0 Å². The summed E-state index contributed by atoms with van der Waals surface area (Å²) in [5, 5.41) is 9.21. The van der Waals surface area contributed by atoms with Crippen molar-refractivity contribution in [3.8, 4) is 17.2 Å². The number of aryl methyl sites for hydroxylation is 1. The van der Waals surface area contributed by atoms with E-state index in [4.69, 9.17) is 7.85 Å². The quantitative estimate of drug-likeness (QED) is 0.652. The fourth-order valence-electron chi connectivity index (χ4n) is 3.03. The first-order valence-electron chi connectivity index (χ1n) is 6.41. The first-order chi connectivity index (χ1) is 8.95. The molecule has 19 heavy (non-hydrogen) atoms. The van der Waals surface area contributed by atoms with Crippen molar-refractivity contribution in [2.24, 2.45) is 0 Å². The Morgan fingerprint density at radius 1 is 1.05 bits per heavy atom. The topological polar surface area (TPSA) is 23.8 Å². The maximum absolute atomic E-state index is 9.21. The standard InChI is InChI=1S/C17H14BN/c1-10-6-14-13-5-4-12(18)8-16(13)17(2,3)15(14)7-11(10)9-19/h4-8H,1-3H3. The fourth-order valence-corrected chi connectivity index (χ4v) is 3.03. The van der Waals surface area contributed by atoms with Gasteiger partial charge in [0.25, 0.3) is 0 Å². The van der Waals surface area contributed by atoms with Gasteiger partial charge in [-0.2, -0.15) is 5.26 Å². The molecule has 3 rings (SSSR count). The van der Waals surface area contributed by atoms with Gasteiger partial charge in [0.15, 0.2) is 0 Å². The van der Waals surface area contributed by atoms with Gasteiger partial charge >= 0.3 is 0 Å². The summed E-state index contributed by atoms with van der Waals surface area (Å²) >= 11 is 0. The second-order valence-corrected chi connectivity index (χ2v) is 5.75. The van der Waals surface area contributed by atoms with Crippen molar-refractivity contribution in [3.63, 3.8) is 0 Å². The molecule has 0 saturated heterocycles. The van der Waals surface area contributed by atoms with Crippen LogP contribution in [0.5, 0.6) is 0 Å². The van der Waals surface area contributed by atoms with Gasteiger partial charge in [0.2, 0.25) is 0 Å². The van der Waals surface area contributed by atoms with Gasteiger partial charge in [-0.3, -0.25) is 0 Å². The molecule has 0 atom stereocenters. The van der Waals surface area contributed by atoms with Crippen LogP contribution in [0.1, 0.15) is 36.1 Å². The van der Waals surface area contributed by atoms with Crippen LogP contribution < -0.4 is 5.46 Å². The second-order valence-electron chi connectivity index (χ2n) is 5.75. The average molecular weight is 243 g/mol. The number of rotatable bonds is 0. The lowest BCUT2D eigenvalue weighted by Crippen LogP contribution is -2.17. The Hall–Kier alpha value is -2.01. The maximum Gasteiger partial charge on any atom is 0.113 e. The monoisotopic (exact) mass is 243 g/mol. The Morgan fingerprint density at radius 2 is 1.74 bits per heavy atom. The summed E-state index contributed by atoms with van der Waals surface area (Å²) in [6.45, 7) is 6.36. The molecule has 1 nitrogen and oxygen atoms in total. The van der Waals surface area contributed by atoms with E-state index >= 15 is 0 Å². The number of fused-ring (bicyclic) bond motifs is 3. The molecule has 2 radical (unpaired) electrons. The zero-order valence-corrected chi connectivity index (χ0v) is 11.4. The number of nitriles is 1. The molecule has 0 saturated carbocycles. The van der Waals surface area contributed by atoms with Crippen molar-refractivity contribution in [1.29, 1.82) is 5.26 Å². The zero-order valence-electron chi connectivity index (χ0n) is 11.4. The molecule has 0 unspecified atom stereocenters. The summed E-state index contributed by atoms with van der Waals surface area (Å²) in [4.78, 5) is 0. The van der Waals surface area contributed by atoms with Crippen LogP contribution in [-0.4, -0.2) is 7.85 Å². The van der Waals surface area contributed by atoms with Crippen molar-refractivity contribution in [2.45, 2.75) is 26.2 Å². The third-order valence-corrected chi connectivity index (χ3v) is 4.17. The van der Waals surface area contributed by atoms with E-state index in [9.17, 15) is 5.26 Å². The van der Waals surface area contributed by atoms with Crippen molar-refractivity contribution >= 4 is 13.3 Å². The van der Waals surface area contributed by atoms with Gasteiger partial charge in [0.05, 0.1) is 11.6 Å². The largest absolute Gasteiger partial charge is 0.192 e. The van der Waals surface area contributed by atoms with Crippen molar-refractivity contribution in [3.05, 3.63) is 52.6 Å². The summed E-state index contributed by atoms with van der Waals surface area (Å²) < 4.78 is 0. The molecular weight excluding hydrogens is 229 g/mol. The van der Waals surface area contributed by atoms with Crippen LogP contribution in [0.25, 0.3) is 11.1 Å². The summed E-state index contributed by atoms with van der Waals surface area (Å²) in [6, 6.07) is 12.5. The summed E-state index contributed by atoms with van der Waals surface area (Å²) in [6.07, 6.45) is 0. The van der Waals surface area contributed by atoms with E-state index in [0.717, 1.165) is 16.6 Å². The molecular formula is C17H14BN. The van der Waals surface area contributed by atoms with Crippen LogP contribution in [0.2, 0.25) is 0 Å². The van der Waals surface area contributed by atoms with Crippen molar-refractivity contribution in [1.82, 2.24) is 0 Å². The first-order valence-corrected chi connectivity index (χ1v) is 6.41. The highest BCUT2D eigenvalue weighted by Crippen LogP contribution is 2.48. The van der Waals surface area contributed by atoms with Gasteiger partial charge in [0.1, 0.15) is 7.85 Å². The number of nitrogens with zero attached hydrogens (tertiary/aromatic N) is 1. The summed E-state index contributed by atoms with van der Waals surface area (Å²) in [5.41, 5.74) is 7.41. The van der Waals surface area contributed by atoms with Crippen LogP contribution in [0.4, 0.5) is 0 Å². The van der Waals surface area contributed by atoms with Gasteiger partial charge in [-0.1, -0.05) is 37.5 Å². The molecule has 0 aromatic heterocycles. The van der Waals surface area contributed by atoms with Crippen molar-refractivity contribution < 1.29 is 0 Å². The third kappa shape index (κ3) is 1.55. The van der Waals surface area contributed by atoms with Crippen molar-refractivity contribution in [2.75, 3.05) is 0 Å². The van der Waals surface area contributed by atoms with E-state index < -0.39 is 0 Å². The van der Waals surface area contributed by atoms with Gasteiger partial charge < -0.3 is 0 Å². The molecule has 0 bridgehead atoms. The normalized spacial score (nSPS) is 14.6. The average Bonchev–Trinajstić information content (AvgIpc) is 2.57. The van der Waals surface area contributed by atoms with E-state index in [2.05, 4.69) is 38.1 Å². The molecule has 0 aliphatic heterocycles. The highest BCUT2D eigenvalue weighted by atomic mass is 14.4. The minimum absolute atomic E-state index is 0.0979. The summed E-state index contributed by atoms with van der Waals surface area (Å²) in [7, 11) is 5.92. The molecule has 90 valence electrons. The molecule has 0 N–H and O–H groups in total. The highest BCUT2D eigenvalue weighted by Gasteiger charge is 2.35. The van der Waals surface area contributed by atoms with Crippen LogP contribution >= 0.6 is 0 Å². The van der Waals surface area contributed by atoms with Crippen LogP contribution in [-0.2, 0) is 5.41 Å². The fraction of sp³-hybridized carbons (Fsp3) is 0.235. The van der Waals surface area contributed by atoms with E-state index in [0.29, 0.717) is 0 Å². The molecule has 1 aliphatic rings. The van der Waals surface area contributed by atoms with Gasteiger partial charge in [-0.25, -0.2) is 0 Å². The Labute approximate surface area is 115 Å². The number of hydrogen-bond donors (Lipinski definition) is 0. The molecule has 0 fully saturated rings. The van der Waals surface area contributed by atoms with E-state index in [-0.39, 0.29) is 5.41 Å². The lowest BCUT2D eigenvalue weighted by Gasteiger charge is -2.22. The van der Waals surface area contributed by atoms with Gasteiger partial charge in [-0.05, 0) is 46.9 Å². The lowest BCUT2D eigenvalue weighted by atomic mass is 9.80. The number of hydrogen-bond acceptors (Lipinski definition) is 1. The van der Waals surface area contributed by atoms with Gasteiger partial charge in [0, 0.05) is 5.41 Å². The Kier molecular flexibility index (Phi) is 2.37. The highest BCUT2D eigenvalue weighted by molar-refractivity contribution is 6.32. The molecule has 2 heteroatoms. The molecule has 2 aromatic rings. The molecule has 0 spiro atoms. The molecule has 2 aromatic carbocycles. The Bertz CT molecular complexity index is 736. The molecule has 0 amide bonds. The van der Waals surface area contributed by atoms with E-state index in [1.807, 2.05) is 19.1 Å². The molecule has 0 heterocycles. The predicted octanol–water partition coefficient (Wildman–Crippen LogP) is 2.97. The van der Waals surface area contributed by atoms with E-state index in [1.54, 1.807) is 0 Å². The summed E-state index contributed by atoms with van der Waals surface area (Å²) in [5.74, 6) is 0. The van der Waals surface area contributed by atoms with Crippen LogP contribution in [0, 0.1) is 18.3 Å². The van der Waals surface area contributed by atoms with E-state index in [1.165, 1.54) is 22.3 Å². The first kappa shape index (κ1) is 12.1. The minimum Gasteiger partial charge on any atom is -0.192 e. The zero-order chi connectivity index (χ0) is 13.8. The maximum atomic E-state index is 9.21. The Morgan fingerprint density at radius 3 is 2.42 bits per heavy atom. The predicted molar refractivity (Wildman–Crippen MR) is 78.8 cm³/mol. The minimum atomic E-state index is -0.0979. The number of benzene rings is 2. The third-order valence-electron chi connectivity index (χ3n) is 4.17. The SMILES string of the molecule is [B]c1ccc2c(c1)C(C)(C)c1cc(C#N)c(C)cc1-2.